The summed E-state index contributed by atoms with van der Waals surface area (Å²) < 4.78 is 25.1. The lowest BCUT2D eigenvalue weighted by Crippen LogP contribution is -2.31. The van der Waals surface area contributed by atoms with Gasteiger partial charge in [0.15, 0.2) is 0 Å². The Bertz CT molecular complexity index is 440. The summed E-state index contributed by atoms with van der Waals surface area (Å²) in [7, 11) is 0. The zero-order valence-corrected chi connectivity index (χ0v) is 10.1. The number of nitrogens with zero attached hydrogens (tertiary/aromatic N) is 1. The van der Waals surface area contributed by atoms with Gasteiger partial charge in [0.2, 0.25) is 0 Å². The monoisotopic (exact) mass is 250 g/mol. The zero-order valence-electron chi connectivity index (χ0n) is 10.1. The van der Waals surface area contributed by atoms with Gasteiger partial charge in [-0.15, -0.1) is 0 Å². The second-order valence-electron chi connectivity index (χ2n) is 4.70. The molecule has 1 saturated carbocycles. The van der Waals surface area contributed by atoms with Gasteiger partial charge in [0.05, 0.1) is 12.0 Å². The smallest absolute Gasteiger partial charge is 0.263 e. The molecule has 0 radical (unpaired) electrons. The zero-order chi connectivity index (χ0) is 13.0. The number of rotatable bonds is 4. The van der Waals surface area contributed by atoms with Crippen molar-refractivity contribution in [3.05, 3.63) is 35.4 Å². The van der Waals surface area contributed by atoms with E-state index < -0.39 is 6.43 Å². The van der Waals surface area contributed by atoms with Crippen molar-refractivity contribution in [1.82, 2.24) is 5.32 Å². The van der Waals surface area contributed by atoms with Gasteiger partial charge in [0.25, 0.3) is 6.43 Å². The molecule has 2 atom stereocenters. The van der Waals surface area contributed by atoms with Crippen LogP contribution in [-0.4, -0.2) is 6.04 Å². The summed E-state index contributed by atoms with van der Waals surface area (Å²) in [5.41, 5.74) is 0.897. The van der Waals surface area contributed by atoms with Crippen LogP contribution in [0.4, 0.5) is 8.78 Å². The first-order valence-electron chi connectivity index (χ1n) is 6.20. The highest BCUT2D eigenvalue weighted by Gasteiger charge is 2.26. The van der Waals surface area contributed by atoms with Gasteiger partial charge in [-0.3, -0.25) is 0 Å². The SMILES string of the molecule is N#CC1CCCC1NCc1cccc(C(F)F)c1. The van der Waals surface area contributed by atoms with Gasteiger partial charge in [-0.2, -0.15) is 5.26 Å². The molecule has 0 spiro atoms. The topological polar surface area (TPSA) is 35.8 Å². The average Bonchev–Trinajstić information content (AvgIpc) is 2.84. The van der Waals surface area contributed by atoms with E-state index in [-0.39, 0.29) is 17.5 Å². The molecule has 0 aromatic heterocycles. The summed E-state index contributed by atoms with van der Waals surface area (Å²) in [6.45, 7) is 0.545. The van der Waals surface area contributed by atoms with E-state index in [2.05, 4.69) is 11.4 Å². The molecule has 1 fully saturated rings. The number of hydrogen-bond donors (Lipinski definition) is 1. The number of alkyl halides is 2. The Kier molecular flexibility index (Phi) is 4.27. The Balaban J connectivity index is 1.94. The summed E-state index contributed by atoms with van der Waals surface area (Å²) in [6, 6.07) is 8.93. The lowest BCUT2D eigenvalue weighted by molar-refractivity contribution is 0.151. The van der Waals surface area contributed by atoms with E-state index >= 15 is 0 Å². The van der Waals surface area contributed by atoms with Crippen LogP contribution in [0.3, 0.4) is 0 Å². The van der Waals surface area contributed by atoms with Crippen molar-refractivity contribution in [2.75, 3.05) is 0 Å². The van der Waals surface area contributed by atoms with Gasteiger partial charge in [-0.1, -0.05) is 24.6 Å². The van der Waals surface area contributed by atoms with Crippen molar-refractivity contribution >= 4 is 0 Å². The molecule has 0 saturated heterocycles. The number of benzene rings is 1. The van der Waals surface area contributed by atoms with E-state index in [9.17, 15) is 8.78 Å². The summed E-state index contributed by atoms with van der Waals surface area (Å²) in [5.74, 6) is 0.0586. The maximum absolute atomic E-state index is 12.5. The molecular formula is C14H16F2N2. The van der Waals surface area contributed by atoms with Crippen LogP contribution in [0.25, 0.3) is 0 Å². The standard InChI is InChI=1S/C14H16F2N2/c15-14(16)11-4-1-3-10(7-11)9-18-13-6-2-5-12(13)8-17/h1,3-4,7,12-14,18H,2,5-6,9H2. The van der Waals surface area contributed by atoms with E-state index in [4.69, 9.17) is 5.26 Å². The molecule has 4 heteroatoms. The molecule has 2 nitrogen and oxygen atoms in total. The molecule has 1 aliphatic rings. The van der Waals surface area contributed by atoms with E-state index in [1.54, 1.807) is 6.07 Å². The normalized spacial score (nSPS) is 23.2. The summed E-state index contributed by atoms with van der Waals surface area (Å²) >= 11 is 0. The minimum atomic E-state index is -2.43. The number of hydrogen-bond acceptors (Lipinski definition) is 2. The van der Waals surface area contributed by atoms with Gasteiger partial charge < -0.3 is 5.32 Å². The van der Waals surface area contributed by atoms with Crippen molar-refractivity contribution in [2.45, 2.75) is 38.3 Å². The van der Waals surface area contributed by atoms with Crippen molar-refractivity contribution in [3.63, 3.8) is 0 Å². The van der Waals surface area contributed by atoms with Crippen LogP contribution >= 0.6 is 0 Å². The Morgan fingerprint density at radius 2 is 2.22 bits per heavy atom. The minimum absolute atomic E-state index is 0.0533. The van der Waals surface area contributed by atoms with Gasteiger partial charge in [-0.25, -0.2) is 8.78 Å². The first-order chi connectivity index (χ1) is 8.70. The van der Waals surface area contributed by atoms with Crippen LogP contribution < -0.4 is 5.32 Å². The lowest BCUT2D eigenvalue weighted by Gasteiger charge is -2.15. The first kappa shape index (κ1) is 13.0. The molecule has 0 amide bonds. The highest BCUT2D eigenvalue weighted by Crippen LogP contribution is 2.25. The largest absolute Gasteiger partial charge is 0.309 e. The Hall–Kier alpha value is -1.47. The number of nitriles is 1. The first-order valence-corrected chi connectivity index (χ1v) is 6.20. The predicted octanol–water partition coefficient (Wildman–Crippen LogP) is 3.41. The molecule has 1 N–H and O–H groups in total. The van der Waals surface area contributed by atoms with Crippen LogP contribution in [0.5, 0.6) is 0 Å². The van der Waals surface area contributed by atoms with Crippen LogP contribution in [0.15, 0.2) is 24.3 Å². The van der Waals surface area contributed by atoms with Crippen LogP contribution in [0.2, 0.25) is 0 Å². The van der Waals surface area contributed by atoms with Gasteiger partial charge in [-0.05, 0) is 24.5 Å². The highest BCUT2D eigenvalue weighted by molar-refractivity contribution is 5.24. The molecule has 18 heavy (non-hydrogen) atoms. The minimum Gasteiger partial charge on any atom is -0.309 e. The summed E-state index contributed by atoms with van der Waals surface area (Å²) in [6.07, 6.45) is 0.564. The third-order valence-corrected chi connectivity index (χ3v) is 3.45. The van der Waals surface area contributed by atoms with Crippen molar-refractivity contribution in [2.24, 2.45) is 5.92 Å². The highest BCUT2D eigenvalue weighted by atomic mass is 19.3. The van der Waals surface area contributed by atoms with Gasteiger partial charge >= 0.3 is 0 Å². The molecular weight excluding hydrogens is 234 g/mol. The molecule has 1 aromatic carbocycles. The molecule has 0 aliphatic heterocycles. The maximum atomic E-state index is 12.5. The Morgan fingerprint density at radius 3 is 2.94 bits per heavy atom. The van der Waals surface area contributed by atoms with Crippen molar-refractivity contribution in [3.8, 4) is 6.07 Å². The lowest BCUT2D eigenvalue weighted by atomic mass is 10.1. The second kappa shape index (κ2) is 5.92. The van der Waals surface area contributed by atoms with Crippen LogP contribution in [0.1, 0.15) is 36.8 Å². The van der Waals surface area contributed by atoms with Crippen LogP contribution in [-0.2, 0) is 6.54 Å². The fraction of sp³-hybridized carbons (Fsp3) is 0.500. The number of nitrogens with one attached hydrogen (secondary N) is 1. The van der Waals surface area contributed by atoms with E-state index in [1.807, 2.05) is 6.07 Å². The molecule has 0 bridgehead atoms. The van der Waals surface area contributed by atoms with E-state index in [0.717, 1.165) is 24.8 Å². The van der Waals surface area contributed by atoms with Crippen LogP contribution in [0, 0.1) is 17.2 Å². The Labute approximate surface area is 106 Å². The van der Waals surface area contributed by atoms with E-state index in [1.165, 1.54) is 12.1 Å². The Morgan fingerprint density at radius 1 is 1.39 bits per heavy atom. The number of halogens is 2. The summed E-state index contributed by atoms with van der Waals surface area (Å²) in [4.78, 5) is 0. The molecule has 96 valence electrons. The molecule has 2 rings (SSSR count). The summed E-state index contributed by atoms with van der Waals surface area (Å²) in [5, 5.41) is 12.3. The molecule has 0 heterocycles. The van der Waals surface area contributed by atoms with Gasteiger partial charge in [0, 0.05) is 18.2 Å². The van der Waals surface area contributed by atoms with E-state index in [0.29, 0.717) is 6.54 Å². The molecule has 1 aliphatic carbocycles. The fourth-order valence-corrected chi connectivity index (χ4v) is 2.45. The third kappa shape index (κ3) is 3.05. The second-order valence-corrected chi connectivity index (χ2v) is 4.70. The average molecular weight is 250 g/mol. The third-order valence-electron chi connectivity index (χ3n) is 3.45. The van der Waals surface area contributed by atoms with Crippen molar-refractivity contribution in [1.29, 1.82) is 5.26 Å². The van der Waals surface area contributed by atoms with Crippen molar-refractivity contribution < 1.29 is 8.78 Å². The van der Waals surface area contributed by atoms with Gasteiger partial charge in [0.1, 0.15) is 0 Å². The fourth-order valence-electron chi connectivity index (χ4n) is 2.45. The quantitative estimate of drug-likeness (QED) is 0.888. The molecule has 1 aromatic rings. The maximum Gasteiger partial charge on any atom is 0.263 e. The predicted molar refractivity (Wildman–Crippen MR) is 65.0 cm³/mol. The molecule has 2 unspecified atom stereocenters.